The van der Waals surface area contributed by atoms with Gasteiger partial charge < -0.3 is 0 Å². The quantitative estimate of drug-likeness (QED) is 0.0578. The molecule has 0 radical (unpaired) electrons. The Bertz CT molecular complexity index is 1770. The molecule has 0 aliphatic heterocycles. The molecule has 0 bridgehead atoms. The molecule has 0 aliphatic rings. The van der Waals surface area contributed by atoms with Crippen LogP contribution in [0.5, 0.6) is 0 Å². The largest absolute Gasteiger partial charge is 0.0654 e. The van der Waals surface area contributed by atoms with E-state index in [2.05, 4.69) is 98.8 Å². The second kappa shape index (κ2) is 17.9. The van der Waals surface area contributed by atoms with Crippen molar-refractivity contribution in [1.82, 2.24) is 0 Å². The van der Waals surface area contributed by atoms with E-state index >= 15 is 0 Å². The molecule has 252 valence electrons. The van der Waals surface area contributed by atoms with E-state index in [1.165, 1.54) is 193 Å². The van der Waals surface area contributed by atoms with Crippen LogP contribution in [0.2, 0.25) is 0 Å². The fraction of sp³-hybridized carbons (Fsp3) is 0.458. The summed E-state index contributed by atoms with van der Waals surface area (Å²) in [6, 6.07) is 33.4. The molecule has 0 N–H and O–H groups in total. The monoisotopic (exact) mass is 636 g/mol. The maximum absolute atomic E-state index is 2.44. The van der Waals surface area contributed by atoms with E-state index in [-0.39, 0.29) is 0 Å². The fourth-order valence-electron chi connectivity index (χ4n) is 8.21. The second-order valence-electron chi connectivity index (χ2n) is 14.8. The van der Waals surface area contributed by atoms with Gasteiger partial charge in [0.25, 0.3) is 0 Å². The molecule has 0 spiro atoms. The van der Waals surface area contributed by atoms with Crippen molar-refractivity contribution in [3.05, 3.63) is 96.1 Å². The lowest BCUT2D eigenvalue weighted by molar-refractivity contribution is 0.565. The van der Waals surface area contributed by atoms with Gasteiger partial charge in [0.2, 0.25) is 0 Å². The van der Waals surface area contributed by atoms with Gasteiger partial charge in [0.05, 0.1) is 0 Å². The Morgan fingerprint density at radius 3 is 0.896 bits per heavy atom. The number of benzene rings is 6. The number of hydrogen-bond acceptors (Lipinski definition) is 0. The van der Waals surface area contributed by atoms with Crippen LogP contribution in [0.3, 0.4) is 0 Å². The maximum atomic E-state index is 2.44. The number of aryl methyl sites for hydroxylation is 2. The summed E-state index contributed by atoms with van der Waals surface area (Å²) in [5.41, 5.74) is 2.97. The first-order valence-electron chi connectivity index (χ1n) is 20.0. The third kappa shape index (κ3) is 8.61. The molecule has 0 unspecified atom stereocenters. The van der Waals surface area contributed by atoms with Gasteiger partial charge in [-0.05, 0) is 90.7 Å². The minimum Gasteiger partial charge on any atom is -0.0654 e. The van der Waals surface area contributed by atoms with Gasteiger partial charge in [-0.2, -0.15) is 0 Å². The van der Waals surface area contributed by atoms with Crippen LogP contribution < -0.4 is 0 Å². The molecule has 0 heterocycles. The smallest absolute Gasteiger partial charge is 0.00987 e. The molecular weight excluding hydrogens is 577 g/mol. The molecule has 0 aliphatic carbocycles. The Balaban J connectivity index is 1.11. The minimum atomic E-state index is 1.20. The number of fused-ring (bicyclic) bond motifs is 9. The van der Waals surface area contributed by atoms with Gasteiger partial charge in [0, 0.05) is 0 Å². The zero-order valence-corrected chi connectivity index (χ0v) is 30.2. The predicted molar refractivity (Wildman–Crippen MR) is 216 cm³/mol. The van der Waals surface area contributed by atoms with Crippen LogP contribution >= 0.6 is 0 Å². The Morgan fingerprint density at radius 1 is 0.271 bits per heavy atom. The lowest BCUT2D eigenvalue weighted by Crippen LogP contribution is -1.89. The van der Waals surface area contributed by atoms with Crippen molar-refractivity contribution in [3.8, 4) is 0 Å². The van der Waals surface area contributed by atoms with E-state index < -0.39 is 0 Å². The van der Waals surface area contributed by atoms with Crippen molar-refractivity contribution in [2.45, 2.75) is 142 Å². The average molecular weight is 637 g/mol. The molecule has 6 rings (SSSR count). The van der Waals surface area contributed by atoms with E-state index in [0.717, 1.165) is 0 Å². The molecule has 0 saturated heterocycles. The van der Waals surface area contributed by atoms with Gasteiger partial charge in [-0.1, -0.05) is 202 Å². The summed E-state index contributed by atoms with van der Waals surface area (Å²) in [5.74, 6) is 0. The highest BCUT2D eigenvalue weighted by molar-refractivity contribution is 6.25. The van der Waals surface area contributed by atoms with Crippen molar-refractivity contribution >= 4 is 53.9 Å². The summed E-state index contributed by atoms with van der Waals surface area (Å²) < 4.78 is 0. The Labute approximate surface area is 291 Å². The van der Waals surface area contributed by atoms with Crippen molar-refractivity contribution in [1.29, 1.82) is 0 Å². The highest BCUT2D eigenvalue weighted by atomic mass is 14.1. The fourth-order valence-corrected chi connectivity index (χ4v) is 8.21. The van der Waals surface area contributed by atoms with Gasteiger partial charge in [-0.25, -0.2) is 0 Å². The van der Waals surface area contributed by atoms with E-state index in [1.807, 2.05) is 0 Å². The van der Waals surface area contributed by atoms with Crippen LogP contribution in [0.1, 0.15) is 141 Å². The molecule has 0 aromatic heterocycles. The average Bonchev–Trinajstić information content (AvgIpc) is 3.12. The highest BCUT2D eigenvalue weighted by Gasteiger charge is 2.10. The highest BCUT2D eigenvalue weighted by Crippen LogP contribution is 2.37. The molecule has 0 amide bonds. The van der Waals surface area contributed by atoms with Crippen molar-refractivity contribution in [3.63, 3.8) is 0 Å². The molecule has 6 aromatic carbocycles. The first-order chi connectivity index (χ1) is 23.8. The Morgan fingerprint density at radius 2 is 0.542 bits per heavy atom. The molecule has 0 atom stereocenters. The standard InChI is InChI=1S/C48H60/c1-3-5-7-9-11-13-15-17-19-21-37-23-27-41-39(35-37)25-29-45-43(41)31-33-48-46-30-26-40-36-38(22-20-18-16-14-12-10-8-6-4-2)24-28-42(40)44(46)32-34-47(45)48/h23-36H,3-22H2,1-2H3. The van der Waals surface area contributed by atoms with Crippen molar-refractivity contribution in [2.24, 2.45) is 0 Å². The van der Waals surface area contributed by atoms with E-state index in [0.29, 0.717) is 0 Å². The normalized spacial score (nSPS) is 12.0. The predicted octanol–water partition coefficient (Wildman–Crippen LogP) is 15.6. The molecule has 0 heteroatoms. The number of rotatable bonds is 20. The van der Waals surface area contributed by atoms with Gasteiger partial charge >= 0.3 is 0 Å². The first kappa shape index (κ1) is 34.5. The SMILES string of the molecule is CCCCCCCCCCCc1ccc2c(ccc3c2ccc2c4ccc5cc(CCCCCCCCCCC)ccc5c4ccc32)c1. The van der Waals surface area contributed by atoms with Crippen molar-refractivity contribution < 1.29 is 0 Å². The molecule has 0 nitrogen and oxygen atoms in total. The number of unbranched alkanes of at least 4 members (excludes halogenated alkanes) is 16. The van der Waals surface area contributed by atoms with Crippen LogP contribution in [0, 0.1) is 0 Å². The first-order valence-corrected chi connectivity index (χ1v) is 20.0. The van der Waals surface area contributed by atoms with Crippen LogP contribution in [0.25, 0.3) is 53.9 Å². The Hall–Kier alpha value is -3.38. The molecule has 6 aromatic rings. The van der Waals surface area contributed by atoms with Crippen LogP contribution in [-0.4, -0.2) is 0 Å². The molecule has 48 heavy (non-hydrogen) atoms. The lowest BCUT2D eigenvalue weighted by Gasteiger charge is -2.13. The zero-order valence-electron chi connectivity index (χ0n) is 30.2. The summed E-state index contributed by atoms with van der Waals surface area (Å²) in [6.07, 6.45) is 27.4. The second-order valence-corrected chi connectivity index (χ2v) is 14.8. The number of hydrogen-bond donors (Lipinski definition) is 0. The van der Waals surface area contributed by atoms with E-state index in [9.17, 15) is 0 Å². The van der Waals surface area contributed by atoms with Gasteiger partial charge in [0.15, 0.2) is 0 Å². The van der Waals surface area contributed by atoms with E-state index in [1.54, 1.807) is 0 Å². The zero-order chi connectivity index (χ0) is 33.0. The summed E-state index contributed by atoms with van der Waals surface area (Å²) in [4.78, 5) is 0. The van der Waals surface area contributed by atoms with E-state index in [4.69, 9.17) is 0 Å². The lowest BCUT2D eigenvalue weighted by atomic mass is 9.91. The molecular formula is C48H60. The molecule has 0 fully saturated rings. The van der Waals surface area contributed by atoms with Gasteiger partial charge in [-0.15, -0.1) is 0 Å². The minimum absolute atomic E-state index is 1.20. The summed E-state index contributed by atoms with van der Waals surface area (Å²) in [5, 5.41) is 13.7. The van der Waals surface area contributed by atoms with Crippen molar-refractivity contribution in [2.75, 3.05) is 0 Å². The van der Waals surface area contributed by atoms with Gasteiger partial charge in [0.1, 0.15) is 0 Å². The van der Waals surface area contributed by atoms with Crippen LogP contribution in [-0.2, 0) is 12.8 Å². The third-order valence-corrected chi connectivity index (χ3v) is 11.1. The summed E-state index contributed by atoms with van der Waals surface area (Å²) in [7, 11) is 0. The Kier molecular flexibility index (Phi) is 12.8. The van der Waals surface area contributed by atoms with Gasteiger partial charge in [-0.3, -0.25) is 0 Å². The maximum Gasteiger partial charge on any atom is -0.00987 e. The molecule has 0 saturated carbocycles. The van der Waals surface area contributed by atoms with Crippen LogP contribution in [0.4, 0.5) is 0 Å². The van der Waals surface area contributed by atoms with Crippen LogP contribution in [0.15, 0.2) is 84.9 Å². The summed E-state index contributed by atoms with van der Waals surface area (Å²) >= 11 is 0. The third-order valence-electron chi connectivity index (χ3n) is 11.1. The topological polar surface area (TPSA) is 0 Å². The summed E-state index contributed by atoms with van der Waals surface area (Å²) in [6.45, 7) is 4.60.